The first kappa shape index (κ1) is 22.1. The maximum Gasteiger partial charge on any atom is 0.191 e. The Morgan fingerprint density at radius 3 is 2.60 bits per heavy atom. The second-order valence-electron chi connectivity index (χ2n) is 5.36. The van der Waals surface area contributed by atoms with Gasteiger partial charge in [0, 0.05) is 48.5 Å². The molecule has 2 aromatic rings. The number of aromatic nitrogens is 2. The zero-order valence-corrected chi connectivity index (χ0v) is 18.4. The molecule has 0 aliphatic carbocycles. The van der Waals surface area contributed by atoms with Crippen LogP contribution in [0.5, 0.6) is 0 Å². The predicted octanol–water partition coefficient (Wildman–Crippen LogP) is 3.81. The Kier molecular flexibility index (Phi) is 11.0. The molecule has 25 heavy (non-hydrogen) atoms. The molecule has 0 atom stereocenters. The lowest BCUT2D eigenvalue weighted by atomic mass is 10.4. The zero-order valence-electron chi connectivity index (χ0n) is 14.5. The molecule has 0 bridgehead atoms. The highest BCUT2D eigenvalue weighted by atomic mass is 127. The maximum atomic E-state index is 5.88. The first-order chi connectivity index (χ1) is 11.7. The van der Waals surface area contributed by atoms with E-state index in [0.29, 0.717) is 0 Å². The van der Waals surface area contributed by atoms with Crippen LogP contribution in [0.15, 0.2) is 46.5 Å². The van der Waals surface area contributed by atoms with E-state index in [9.17, 15) is 0 Å². The van der Waals surface area contributed by atoms with Crippen LogP contribution < -0.4 is 10.6 Å². The van der Waals surface area contributed by atoms with Crippen molar-refractivity contribution in [3.05, 3.63) is 47.2 Å². The molecule has 0 amide bonds. The van der Waals surface area contributed by atoms with Gasteiger partial charge in [-0.15, -0.1) is 35.7 Å². The molecule has 2 rings (SSSR count). The number of nitrogens with zero attached hydrogens (tertiary/aromatic N) is 3. The second-order valence-corrected chi connectivity index (χ2v) is 6.97. The van der Waals surface area contributed by atoms with E-state index in [1.807, 2.05) is 35.1 Å². The highest BCUT2D eigenvalue weighted by Crippen LogP contribution is 2.19. The number of rotatable bonds is 8. The van der Waals surface area contributed by atoms with Gasteiger partial charge in [-0.2, -0.15) is 5.10 Å². The van der Waals surface area contributed by atoms with Crippen LogP contribution in [0.25, 0.3) is 0 Å². The molecule has 5 nitrogen and oxygen atoms in total. The topological polar surface area (TPSA) is 54.2 Å². The van der Waals surface area contributed by atoms with E-state index >= 15 is 0 Å². The van der Waals surface area contributed by atoms with E-state index in [1.54, 1.807) is 18.8 Å². The number of halogens is 2. The van der Waals surface area contributed by atoms with Crippen LogP contribution in [-0.2, 0) is 6.54 Å². The van der Waals surface area contributed by atoms with E-state index in [1.165, 1.54) is 10.5 Å². The molecule has 0 aliphatic rings. The summed E-state index contributed by atoms with van der Waals surface area (Å²) >= 11 is 7.68. The molecule has 0 fully saturated rings. The van der Waals surface area contributed by atoms with Gasteiger partial charge in [0.2, 0.25) is 0 Å². The molecule has 2 N–H and O–H groups in total. The van der Waals surface area contributed by atoms with Gasteiger partial charge in [0.25, 0.3) is 0 Å². The number of hydrogen-bond acceptors (Lipinski definition) is 3. The molecule has 0 saturated carbocycles. The fraction of sp³-hybridized carbons (Fsp3) is 0.412. The summed E-state index contributed by atoms with van der Waals surface area (Å²) in [5.41, 5.74) is 1.19. The van der Waals surface area contributed by atoms with Crippen LogP contribution in [0.1, 0.15) is 12.0 Å². The monoisotopic (exact) mass is 493 g/mol. The summed E-state index contributed by atoms with van der Waals surface area (Å²) in [6.07, 6.45) is 4.94. The first-order valence-electron chi connectivity index (χ1n) is 7.99. The minimum atomic E-state index is 0. The van der Waals surface area contributed by atoms with Crippen LogP contribution in [0, 0.1) is 6.92 Å². The zero-order chi connectivity index (χ0) is 17.2. The Labute approximate surface area is 176 Å². The second kappa shape index (κ2) is 12.4. The third kappa shape index (κ3) is 8.82. The Bertz CT molecular complexity index is 645. The van der Waals surface area contributed by atoms with Crippen molar-refractivity contribution in [1.82, 2.24) is 20.4 Å². The molecule has 0 aliphatic heterocycles. The SMILES string of the molecule is CN=C(NCCCn1cc(C)cn1)NCCSc1ccc(Cl)cc1.I. The first-order valence-corrected chi connectivity index (χ1v) is 9.35. The summed E-state index contributed by atoms with van der Waals surface area (Å²) in [7, 11) is 1.79. The van der Waals surface area contributed by atoms with Gasteiger partial charge >= 0.3 is 0 Å². The highest BCUT2D eigenvalue weighted by molar-refractivity contribution is 14.0. The molecule has 0 saturated heterocycles. The largest absolute Gasteiger partial charge is 0.356 e. The number of hydrogen-bond donors (Lipinski definition) is 2. The van der Waals surface area contributed by atoms with E-state index in [-0.39, 0.29) is 24.0 Å². The third-order valence-electron chi connectivity index (χ3n) is 3.32. The molecular weight excluding hydrogens is 469 g/mol. The quantitative estimate of drug-likeness (QED) is 0.193. The molecular formula is C17H25ClIN5S. The number of guanidine groups is 1. The van der Waals surface area contributed by atoms with Gasteiger partial charge in [-0.25, -0.2) is 0 Å². The van der Waals surface area contributed by atoms with Crippen molar-refractivity contribution in [3.8, 4) is 0 Å². The molecule has 1 aromatic heterocycles. The van der Waals surface area contributed by atoms with Gasteiger partial charge in [-0.1, -0.05) is 11.6 Å². The summed E-state index contributed by atoms with van der Waals surface area (Å²) in [4.78, 5) is 5.46. The predicted molar refractivity (Wildman–Crippen MR) is 119 cm³/mol. The number of nitrogens with one attached hydrogen (secondary N) is 2. The fourth-order valence-corrected chi connectivity index (χ4v) is 3.02. The Hall–Kier alpha value is -0.930. The van der Waals surface area contributed by atoms with Gasteiger partial charge in [0.15, 0.2) is 5.96 Å². The van der Waals surface area contributed by atoms with Crippen molar-refractivity contribution in [2.24, 2.45) is 4.99 Å². The minimum Gasteiger partial charge on any atom is -0.356 e. The van der Waals surface area contributed by atoms with Crippen LogP contribution in [0.4, 0.5) is 0 Å². The Balaban J connectivity index is 0.00000312. The summed E-state index contributed by atoms with van der Waals surface area (Å²) in [6, 6.07) is 7.91. The smallest absolute Gasteiger partial charge is 0.191 e. The van der Waals surface area contributed by atoms with Crippen LogP contribution >= 0.6 is 47.3 Å². The summed E-state index contributed by atoms with van der Waals surface area (Å²) in [5.74, 6) is 1.80. The standard InChI is InChI=1S/C17H24ClN5S.HI/c1-14-12-22-23(13-14)10-3-8-20-17(19-2)21-9-11-24-16-6-4-15(18)5-7-16;/h4-7,12-13H,3,8-11H2,1-2H3,(H2,19,20,21);1H. The fourth-order valence-electron chi connectivity index (χ4n) is 2.13. The average Bonchev–Trinajstić information content (AvgIpc) is 3.00. The number of aryl methyl sites for hydroxylation is 2. The number of thioether (sulfide) groups is 1. The average molecular weight is 494 g/mol. The molecule has 1 aromatic carbocycles. The number of aliphatic imine (C=N–C) groups is 1. The van der Waals surface area contributed by atoms with Gasteiger partial charge in [0.05, 0.1) is 6.20 Å². The van der Waals surface area contributed by atoms with Gasteiger partial charge in [-0.05, 0) is 43.2 Å². The highest BCUT2D eigenvalue weighted by Gasteiger charge is 1.99. The van der Waals surface area contributed by atoms with Crippen LogP contribution in [0.3, 0.4) is 0 Å². The third-order valence-corrected chi connectivity index (χ3v) is 4.58. The van der Waals surface area contributed by atoms with E-state index in [0.717, 1.165) is 42.8 Å². The number of benzene rings is 1. The van der Waals surface area contributed by atoms with E-state index < -0.39 is 0 Å². The summed E-state index contributed by atoms with van der Waals surface area (Å²) < 4.78 is 1.97. The maximum absolute atomic E-state index is 5.88. The van der Waals surface area contributed by atoms with E-state index in [2.05, 4.69) is 33.8 Å². The minimum absolute atomic E-state index is 0. The van der Waals surface area contributed by atoms with Crippen molar-refractivity contribution in [3.63, 3.8) is 0 Å². The lowest BCUT2D eigenvalue weighted by Crippen LogP contribution is -2.39. The van der Waals surface area contributed by atoms with E-state index in [4.69, 9.17) is 11.6 Å². The molecule has 1 heterocycles. The Morgan fingerprint density at radius 1 is 1.24 bits per heavy atom. The van der Waals surface area contributed by atoms with Gasteiger partial charge < -0.3 is 10.6 Å². The molecule has 0 spiro atoms. The van der Waals surface area contributed by atoms with Crippen LogP contribution in [0.2, 0.25) is 5.02 Å². The normalized spacial score (nSPS) is 11.1. The molecule has 138 valence electrons. The molecule has 8 heteroatoms. The lowest BCUT2D eigenvalue weighted by Gasteiger charge is -2.11. The van der Waals surface area contributed by atoms with Crippen molar-refractivity contribution >= 4 is 53.3 Å². The summed E-state index contributed by atoms with van der Waals surface area (Å²) in [5, 5.41) is 11.7. The van der Waals surface area contributed by atoms with Crippen molar-refractivity contribution < 1.29 is 0 Å². The Morgan fingerprint density at radius 2 is 1.96 bits per heavy atom. The van der Waals surface area contributed by atoms with Crippen molar-refractivity contribution in [2.75, 3.05) is 25.9 Å². The lowest BCUT2D eigenvalue weighted by molar-refractivity contribution is 0.570. The van der Waals surface area contributed by atoms with Gasteiger partial charge in [0.1, 0.15) is 0 Å². The summed E-state index contributed by atoms with van der Waals surface area (Å²) in [6.45, 7) is 4.67. The van der Waals surface area contributed by atoms with Gasteiger partial charge in [-0.3, -0.25) is 9.67 Å². The molecule has 0 radical (unpaired) electrons. The van der Waals surface area contributed by atoms with Crippen LogP contribution in [-0.4, -0.2) is 41.6 Å². The van der Waals surface area contributed by atoms with Crippen molar-refractivity contribution in [2.45, 2.75) is 24.8 Å². The molecule has 0 unspecified atom stereocenters. The van der Waals surface area contributed by atoms with Crippen molar-refractivity contribution in [1.29, 1.82) is 0 Å².